The molecule has 40 heavy (non-hydrogen) atoms. The highest BCUT2D eigenvalue weighted by Gasteiger charge is 2.31. The molecule has 1 aromatic carbocycles. The van der Waals surface area contributed by atoms with Crippen molar-refractivity contribution >= 4 is 23.3 Å². The summed E-state index contributed by atoms with van der Waals surface area (Å²) in [5.41, 5.74) is 1.90. The normalized spacial score (nSPS) is 18.3. The van der Waals surface area contributed by atoms with Gasteiger partial charge in [-0.15, -0.1) is 11.3 Å². The van der Waals surface area contributed by atoms with E-state index in [4.69, 9.17) is 14.7 Å². The summed E-state index contributed by atoms with van der Waals surface area (Å²) in [5, 5.41) is 4.29. The van der Waals surface area contributed by atoms with Crippen molar-refractivity contribution in [3.8, 4) is 21.8 Å². The van der Waals surface area contributed by atoms with Crippen LogP contribution < -0.4 is 5.32 Å². The number of allylic oxidation sites excluding steroid dienone is 1. The van der Waals surface area contributed by atoms with E-state index in [1.54, 1.807) is 25.3 Å². The minimum Gasteiger partial charge on any atom is -0.466 e. The van der Waals surface area contributed by atoms with E-state index in [0.29, 0.717) is 35.5 Å². The number of carbonyl (C=O) groups is 1. The molecule has 10 heteroatoms. The summed E-state index contributed by atoms with van der Waals surface area (Å²) >= 11 is 1.49. The van der Waals surface area contributed by atoms with Gasteiger partial charge in [-0.25, -0.2) is 15.0 Å². The summed E-state index contributed by atoms with van der Waals surface area (Å²) in [4.78, 5) is 26.8. The molecule has 0 saturated heterocycles. The molecule has 0 radical (unpaired) electrons. The van der Waals surface area contributed by atoms with Crippen LogP contribution in [0.4, 0.5) is 19.1 Å². The van der Waals surface area contributed by atoms with Gasteiger partial charge in [0, 0.05) is 23.7 Å². The average molecular weight is 571 g/mol. The largest absolute Gasteiger partial charge is 0.466 e. The number of nitrogens with zero attached hydrogens (tertiary/aromatic N) is 3. The number of rotatable bonds is 8. The molecule has 0 amide bonds. The lowest BCUT2D eigenvalue weighted by Crippen LogP contribution is -2.16. The van der Waals surface area contributed by atoms with Gasteiger partial charge in [-0.05, 0) is 63.6 Å². The number of halogens is 3. The van der Waals surface area contributed by atoms with Crippen molar-refractivity contribution in [3.05, 3.63) is 58.7 Å². The number of hydrogen-bond donors (Lipinski definition) is 1. The van der Waals surface area contributed by atoms with Crippen molar-refractivity contribution in [1.82, 2.24) is 15.0 Å². The van der Waals surface area contributed by atoms with Gasteiger partial charge < -0.3 is 10.1 Å². The maximum Gasteiger partial charge on any atom is 0.416 e. The standard InChI is InChI=1S/C30H33F3N4O2S/c1-2-39-25(38)17-19-7-5-8-20(14-13-19)28-37-26(21-9-6-10-22(18-21)30(31,32)33)27(40-28)24-15-16-34-29(36-24)35-23-11-3-4-12-23/h6-7,9-10,15-16,18,20,23H,2-5,8,11-14,17H2,1H3,(H,34,35,36). The summed E-state index contributed by atoms with van der Waals surface area (Å²) in [6, 6.07) is 7.45. The SMILES string of the molecule is CCOC(=O)CC1=CCCC(c2nc(-c3cccc(C(F)(F)F)c3)c(-c3ccnc(NC4CCCC4)n3)s2)CC1. The first-order valence-electron chi connectivity index (χ1n) is 13.9. The molecule has 1 fully saturated rings. The third-order valence-electron chi connectivity index (χ3n) is 7.47. The van der Waals surface area contributed by atoms with E-state index in [2.05, 4.69) is 16.4 Å². The van der Waals surface area contributed by atoms with Crippen LogP contribution in [-0.4, -0.2) is 33.6 Å². The molecule has 6 nitrogen and oxygen atoms in total. The van der Waals surface area contributed by atoms with Crippen molar-refractivity contribution < 1.29 is 22.7 Å². The number of hydrogen-bond acceptors (Lipinski definition) is 7. The van der Waals surface area contributed by atoms with Gasteiger partial charge in [0.05, 0.1) is 39.9 Å². The second kappa shape index (κ2) is 12.5. The molecule has 5 rings (SSSR count). The highest BCUT2D eigenvalue weighted by atomic mass is 32.1. The molecule has 1 atom stereocenters. The Morgan fingerprint density at radius 3 is 2.73 bits per heavy atom. The van der Waals surface area contributed by atoms with Crippen LogP contribution in [0.5, 0.6) is 0 Å². The van der Waals surface area contributed by atoms with E-state index in [9.17, 15) is 18.0 Å². The lowest BCUT2D eigenvalue weighted by Gasteiger charge is -2.12. The fourth-order valence-electron chi connectivity index (χ4n) is 5.43. The average Bonchev–Trinajstić information content (AvgIpc) is 3.55. The summed E-state index contributed by atoms with van der Waals surface area (Å²) in [5.74, 6) is 0.426. The fourth-order valence-corrected chi connectivity index (χ4v) is 6.66. The van der Waals surface area contributed by atoms with Crippen molar-refractivity contribution in [1.29, 1.82) is 0 Å². The van der Waals surface area contributed by atoms with Gasteiger partial charge in [0.2, 0.25) is 5.95 Å². The molecule has 1 saturated carbocycles. The van der Waals surface area contributed by atoms with E-state index in [1.807, 2.05) is 0 Å². The predicted octanol–water partition coefficient (Wildman–Crippen LogP) is 8.18. The van der Waals surface area contributed by atoms with Gasteiger partial charge in [-0.1, -0.05) is 36.6 Å². The summed E-state index contributed by atoms with van der Waals surface area (Å²) < 4.78 is 45.9. The van der Waals surface area contributed by atoms with Crippen LogP contribution in [0.1, 0.15) is 81.2 Å². The number of esters is 1. The van der Waals surface area contributed by atoms with Crippen molar-refractivity contribution in [3.63, 3.8) is 0 Å². The molecule has 0 spiro atoms. The van der Waals surface area contributed by atoms with Gasteiger partial charge in [-0.2, -0.15) is 13.2 Å². The molecule has 0 bridgehead atoms. The van der Waals surface area contributed by atoms with E-state index in [0.717, 1.165) is 66.1 Å². The van der Waals surface area contributed by atoms with Gasteiger partial charge in [-0.3, -0.25) is 4.79 Å². The Kier molecular flexibility index (Phi) is 8.83. The Morgan fingerprint density at radius 1 is 1.12 bits per heavy atom. The number of anilines is 1. The molecule has 2 heterocycles. The minimum absolute atomic E-state index is 0.122. The molecule has 2 aromatic heterocycles. The van der Waals surface area contributed by atoms with Gasteiger partial charge in [0.25, 0.3) is 0 Å². The molecule has 212 valence electrons. The van der Waals surface area contributed by atoms with Crippen LogP contribution in [0.2, 0.25) is 0 Å². The van der Waals surface area contributed by atoms with E-state index in [-0.39, 0.29) is 18.3 Å². The molecule has 1 N–H and O–H groups in total. The first-order valence-corrected chi connectivity index (χ1v) is 14.7. The molecule has 0 aliphatic heterocycles. The highest BCUT2D eigenvalue weighted by Crippen LogP contribution is 2.43. The van der Waals surface area contributed by atoms with Gasteiger partial charge in [0.15, 0.2) is 0 Å². The Morgan fingerprint density at radius 2 is 1.95 bits per heavy atom. The Hall–Kier alpha value is -3.27. The highest BCUT2D eigenvalue weighted by molar-refractivity contribution is 7.15. The lowest BCUT2D eigenvalue weighted by molar-refractivity contribution is -0.142. The second-order valence-corrected chi connectivity index (χ2v) is 11.4. The maximum absolute atomic E-state index is 13.6. The Balaban J connectivity index is 1.46. The van der Waals surface area contributed by atoms with Crippen LogP contribution in [0.25, 0.3) is 21.8 Å². The minimum atomic E-state index is -4.45. The monoisotopic (exact) mass is 570 g/mol. The van der Waals surface area contributed by atoms with E-state index < -0.39 is 11.7 Å². The molecule has 1 unspecified atom stereocenters. The van der Waals surface area contributed by atoms with Gasteiger partial charge >= 0.3 is 12.1 Å². The zero-order valence-electron chi connectivity index (χ0n) is 22.5. The van der Waals surface area contributed by atoms with Crippen LogP contribution in [0, 0.1) is 0 Å². The first kappa shape index (κ1) is 28.3. The quantitative estimate of drug-likeness (QED) is 0.217. The number of benzene rings is 1. The number of carbonyl (C=O) groups excluding carboxylic acids is 1. The second-order valence-electron chi connectivity index (χ2n) is 10.4. The number of alkyl halides is 3. The van der Waals surface area contributed by atoms with Gasteiger partial charge in [0.1, 0.15) is 0 Å². The molecule has 3 aromatic rings. The molecule has 2 aliphatic carbocycles. The van der Waals surface area contributed by atoms with E-state index >= 15 is 0 Å². The summed E-state index contributed by atoms with van der Waals surface area (Å²) in [6.45, 7) is 2.15. The van der Waals surface area contributed by atoms with Crippen LogP contribution >= 0.6 is 11.3 Å². The third-order valence-corrected chi connectivity index (χ3v) is 8.71. The van der Waals surface area contributed by atoms with Crippen LogP contribution in [0.15, 0.2) is 48.2 Å². The zero-order valence-corrected chi connectivity index (χ0v) is 23.3. The van der Waals surface area contributed by atoms with Crippen molar-refractivity contribution in [2.24, 2.45) is 0 Å². The summed E-state index contributed by atoms with van der Waals surface area (Å²) in [6.07, 6.45) is 7.33. The van der Waals surface area contributed by atoms with E-state index in [1.165, 1.54) is 30.2 Å². The number of ether oxygens (including phenoxy) is 1. The maximum atomic E-state index is 13.6. The molecule has 2 aliphatic rings. The fraction of sp³-hybridized carbons (Fsp3) is 0.467. The van der Waals surface area contributed by atoms with Crippen molar-refractivity contribution in [2.45, 2.75) is 82.8 Å². The third kappa shape index (κ3) is 6.89. The molecular weight excluding hydrogens is 537 g/mol. The number of thiazole rings is 1. The smallest absolute Gasteiger partial charge is 0.416 e. The lowest BCUT2D eigenvalue weighted by atomic mass is 9.99. The summed E-state index contributed by atoms with van der Waals surface area (Å²) in [7, 11) is 0. The van der Waals surface area contributed by atoms with Crippen LogP contribution in [0.3, 0.4) is 0 Å². The first-order chi connectivity index (χ1) is 19.3. The predicted molar refractivity (Wildman–Crippen MR) is 150 cm³/mol. The zero-order chi connectivity index (χ0) is 28.1. The Labute approximate surface area is 236 Å². The number of nitrogens with one attached hydrogen (secondary N) is 1. The molecular formula is C30H33F3N4O2S. The number of aromatic nitrogens is 3. The topological polar surface area (TPSA) is 77.0 Å². The van der Waals surface area contributed by atoms with Crippen molar-refractivity contribution in [2.75, 3.05) is 11.9 Å². The Bertz CT molecular complexity index is 1360. The van der Waals surface area contributed by atoms with Crippen LogP contribution in [-0.2, 0) is 15.7 Å².